The molecule has 0 fully saturated rings. The molecule has 0 bridgehead atoms. The Hall–Kier alpha value is -7.09. The molecule has 0 aliphatic rings. The molecule has 279 valence electrons. The number of rotatable bonds is 6. The van der Waals surface area contributed by atoms with Gasteiger partial charge in [0, 0.05) is 50.7 Å². The van der Waals surface area contributed by atoms with Gasteiger partial charge in [-0.1, -0.05) is 237 Å². The summed E-state index contributed by atoms with van der Waals surface area (Å²) in [7, 11) is 0. The first-order valence-corrected chi connectivity index (χ1v) is 18.9. The Morgan fingerprint density at radius 3 is 0.448 bits per heavy atom. The molecule has 0 aliphatic heterocycles. The van der Waals surface area contributed by atoms with Crippen LogP contribution in [0, 0.1) is 0 Å². The van der Waals surface area contributed by atoms with Crippen LogP contribution in [0.5, 0.6) is 17.2 Å². The Bertz CT molecular complexity index is 2150. The van der Waals surface area contributed by atoms with E-state index in [0.29, 0.717) is 17.2 Å². The van der Waals surface area contributed by atoms with Gasteiger partial charge in [0.05, 0.1) is 0 Å². The Morgan fingerprint density at radius 1 is 0.172 bits per heavy atom. The van der Waals surface area contributed by atoms with Crippen molar-refractivity contribution in [3.63, 3.8) is 0 Å². The predicted molar refractivity (Wildman–Crippen MR) is 243 cm³/mol. The van der Waals surface area contributed by atoms with Crippen molar-refractivity contribution in [2.24, 2.45) is 0 Å². The van der Waals surface area contributed by atoms with Crippen molar-refractivity contribution in [1.82, 2.24) is 0 Å². The zero-order valence-electron chi connectivity index (χ0n) is 31.9. The van der Waals surface area contributed by atoms with Gasteiger partial charge in [-0.25, -0.2) is 0 Å². The quantitative estimate of drug-likeness (QED) is 0.148. The van der Waals surface area contributed by atoms with E-state index in [-0.39, 0.29) is 17.4 Å². The van der Waals surface area contributed by atoms with Crippen molar-refractivity contribution in [2.75, 3.05) is 0 Å². The van der Waals surface area contributed by atoms with E-state index in [1.807, 2.05) is 237 Å². The third-order valence-corrected chi connectivity index (χ3v) is 9.62. The molecular formula is C54H42AlO3. The molecule has 0 spiro atoms. The van der Waals surface area contributed by atoms with Crippen molar-refractivity contribution < 1.29 is 15.3 Å². The maximum atomic E-state index is 10.5. The van der Waals surface area contributed by atoms with Crippen LogP contribution in [0.2, 0.25) is 0 Å². The van der Waals surface area contributed by atoms with Gasteiger partial charge in [-0.2, -0.15) is 0 Å². The van der Waals surface area contributed by atoms with Crippen molar-refractivity contribution in [3.05, 3.63) is 237 Å². The molecule has 4 heteroatoms. The number of phenols is 3. The summed E-state index contributed by atoms with van der Waals surface area (Å²) in [4.78, 5) is 0. The summed E-state index contributed by atoms with van der Waals surface area (Å²) in [6.07, 6.45) is 0. The smallest absolute Gasteiger partial charge is 0.131 e. The minimum absolute atomic E-state index is 0. The van der Waals surface area contributed by atoms with Crippen molar-refractivity contribution in [1.29, 1.82) is 0 Å². The zero-order chi connectivity index (χ0) is 39.2. The van der Waals surface area contributed by atoms with Crippen LogP contribution in [0.1, 0.15) is 0 Å². The lowest BCUT2D eigenvalue weighted by Gasteiger charge is -2.10. The van der Waals surface area contributed by atoms with E-state index in [9.17, 15) is 15.3 Å². The van der Waals surface area contributed by atoms with Gasteiger partial charge in [-0.15, -0.1) is 0 Å². The van der Waals surface area contributed by atoms with E-state index in [2.05, 4.69) is 0 Å². The van der Waals surface area contributed by atoms with Gasteiger partial charge in [0.2, 0.25) is 0 Å². The van der Waals surface area contributed by atoms with Gasteiger partial charge >= 0.3 is 0 Å². The van der Waals surface area contributed by atoms with Crippen molar-refractivity contribution in [3.8, 4) is 84.0 Å². The summed E-state index contributed by atoms with van der Waals surface area (Å²) >= 11 is 0. The molecule has 0 heterocycles. The highest BCUT2D eigenvalue weighted by atomic mass is 27.0. The standard InChI is InChI=1S/3C18H14O.Al/c3*19-18-16(14-8-3-1-4-9-14)12-7-13-17(18)15-10-5-2-6-11-15;/h3*1-13,19H;. The van der Waals surface area contributed by atoms with E-state index >= 15 is 0 Å². The molecule has 3 nitrogen and oxygen atoms in total. The molecule has 0 saturated heterocycles. The molecule has 58 heavy (non-hydrogen) atoms. The van der Waals surface area contributed by atoms with E-state index in [1.165, 1.54) is 0 Å². The van der Waals surface area contributed by atoms with E-state index in [0.717, 1.165) is 66.8 Å². The second-order valence-corrected chi connectivity index (χ2v) is 13.3. The average molecular weight is 766 g/mol. The Morgan fingerprint density at radius 2 is 0.310 bits per heavy atom. The van der Waals surface area contributed by atoms with Gasteiger partial charge in [-0.3, -0.25) is 0 Å². The summed E-state index contributed by atoms with van der Waals surface area (Å²) in [6, 6.07) is 77.2. The van der Waals surface area contributed by atoms with Crippen LogP contribution >= 0.6 is 0 Å². The van der Waals surface area contributed by atoms with Crippen LogP contribution in [0.15, 0.2) is 237 Å². The monoisotopic (exact) mass is 765 g/mol. The summed E-state index contributed by atoms with van der Waals surface area (Å²) < 4.78 is 0. The van der Waals surface area contributed by atoms with Crippen molar-refractivity contribution in [2.45, 2.75) is 0 Å². The molecule has 9 rings (SSSR count). The van der Waals surface area contributed by atoms with Crippen LogP contribution in [-0.4, -0.2) is 32.7 Å². The van der Waals surface area contributed by atoms with Crippen LogP contribution < -0.4 is 0 Å². The first-order chi connectivity index (χ1) is 28.1. The minimum atomic E-state index is 0. The Labute approximate surface area is 351 Å². The van der Waals surface area contributed by atoms with Gasteiger partial charge < -0.3 is 15.3 Å². The largest absolute Gasteiger partial charge is 0.507 e. The summed E-state index contributed by atoms with van der Waals surface area (Å²) in [5, 5.41) is 31.5. The van der Waals surface area contributed by atoms with Gasteiger partial charge in [0.15, 0.2) is 0 Å². The lowest BCUT2D eigenvalue weighted by Crippen LogP contribution is -1.83. The summed E-state index contributed by atoms with van der Waals surface area (Å²) in [5.41, 5.74) is 11.3. The molecule has 9 aromatic rings. The highest BCUT2D eigenvalue weighted by molar-refractivity contribution is 5.84. The number of para-hydroxylation sites is 3. The average Bonchev–Trinajstić information content (AvgIpc) is 3.29. The molecule has 0 amide bonds. The predicted octanol–water partition coefficient (Wildman–Crippen LogP) is 13.8. The fourth-order valence-corrected chi connectivity index (χ4v) is 6.73. The lowest BCUT2D eigenvalue weighted by molar-refractivity contribution is 0.479. The number of benzene rings is 9. The molecule has 3 radical (unpaired) electrons. The number of phenolic OH excluding ortho intramolecular Hbond substituents is 3. The molecular weight excluding hydrogens is 724 g/mol. The molecule has 9 aromatic carbocycles. The number of hydrogen-bond acceptors (Lipinski definition) is 3. The fraction of sp³-hybridized carbons (Fsp3) is 0. The molecule has 0 aromatic heterocycles. The highest BCUT2D eigenvalue weighted by Gasteiger charge is 2.12. The zero-order valence-corrected chi connectivity index (χ0v) is 33.1. The first-order valence-electron chi connectivity index (χ1n) is 18.9. The normalized spacial score (nSPS) is 10.1. The van der Waals surface area contributed by atoms with Gasteiger partial charge in [-0.05, 0) is 33.4 Å². The minimum Gasteiger partial charge on any atom is -0.507 e. The first kappa shape index (κ1) is 40.6. The highest BCUT2D eigenvalue weighted by Crippen LogP contribution is 2.40. The molecule has 0 saturated carbocycles. The SMILES string of the molecule is Oc1c(-c2ccccc2)cccc1-c1ccccc1.Oc1c(-c2ccccc2)cccc1-c1ccccc1.Oc1c(-c2ccccc2)cccc1-c1ccccc1.[Al]. The fourth-order valence-electron chi connectivity index (χ4n) is 6.73. The lowest BCUT2D eigenvalue weighted by atomic mass is 9.97. The van der Waals surface area contributed by atoms with Crippen molar-refractivity contribution >= 4 is 17.4 Å². The molecule has 0 atom stereocenters. The number of aromatic hydroxyl groups is 3. The molecule has 3 N–H and O–H groups in total. The van der Waals surface area contributed by atoms with Gasteiger partial charge in [0.1, 0.15) is 17.2 Å². The third-order valence-electron chi connectivity index (χ3n) is 9.62. The summed E-state index contributed by atoms with van der Waals surface area (Å²) in [5.74, 6) is 1.000. The second kappa shape index (κ2) is 20.2. The summed E-state index contributed by atoms with van der Waals surface area (Å²) in [6.45, 7) is 0. The molecule has 0 unspecified atom stereocenters. The van der Waals surface area contributed by atoms with Crippen LogP contribution in [-0.2, 0) is 0 Å². The Balaban J connectivity index is 0.000000145. The van der Waals surface area contributed by atoms with E-state index in [4.69, 9.17) is 0 Å². The van der Waals surface area contributed by atoms with Gasteiger partial charge in [0.25, 0.3) is 0 Å². The van der Waals surface area contributed by atoms with E-state index < -0.39 is 0 Å². The van der Waals surface area contributed by atoms with Crippen LogP contribution in [0.25, 0.3) is 66.8 Å². The topological polar surface area (TPSA) is 60.7 Å². The van der Waals surface area contributed by atoms with E-state index in [1.54, 1.807) is 0 Å². The van der Waals surface area contributed by atoms with Crippen LogP contribution in [0.3, 0.4) is 0 Å². The molecule has 0 aliphatic carbocycles. The number of hydrogen-bond donors (Lipinski definition) is 3. The third kappa shape index (κ3) is 9.82. The maximum absolute atomic E-state index is 10.5. The second-order valence-electron chi connectivity index (χ2n) is 13.3. The Kier molecular flexibility index (Phi) is 14.1. The maximum Gasteiger partial charge on any atom is 0.131 e. The van der Waals surface area contributed by atoms with Crippen LogP contribution in [0.4, 0.5) is 0 Å².